The molecule has 0 radical (unpaired) electrons. The van der Waals surface area contributed by atoms with Crippen molar-refractivity contribution >= 4 is 35.4 Å². The predicted molar refractivity (Wildman–Crippen MR) is 133 cm³/mol. The first-order valence-corrected chi connectivity index (χ1v) is 12.5. The van der Waals surface area contributed by atoms with Crippen LogP contribution in [0.2, 0.25) is 0 Å². The Labute approximate surface area is 216 Å². The number of alkyl halides is 2. The zero-order valence-corrected chi connectivity index (χ0v) is 20.3. The maximum absolute atomic E-state index is 12.8. The van der Waals surface area contributed by atoms with Gasteiger partial charge in [-0.05, 0) is 31.1 Å². The van der Waals surface area contributed by atoms with Gasteiger partial charge in [0.2, 0.25) is 0 Å². The number of aromatic nitrogens is 2. The van der Waals surface area contributed by atoms with Crippen molar-refractivity contribution in [1.29, 1.82) is 0 Å². The van der Waals surface area contributed by atoms with Crippen molar-refractivity contribution in [2.45, 2.75) is 44.1 Å². The maximum Gasteiger partial charge on any atom is 0.416 e. The Bertz CT molecular complexity index is 1280. The summed E-state index contributed by atoms with van der Waals surface area (Å²) < 4.78 is 40.8. The lowest BCUT2D eigenvalue weighted by Gasteiger charge is -2.34. The number of rotatable bonds is 7. The van der Waals surface area contributed by atoms with Gasteiger partial charge in [0.1, 0.15) is 17.7 Å². The normalized spacial score (nSPS) is 23.8. The van der Waals surface area contributed by atoms with Gasteiger partial charge in [0.05, 0.1) is 23.6 Å². The second-order valence-electron chi connectivity index (χ2n) is 9.48. The fourth-order valence-electron chi connectivity index (χ4n) is 5.39. The second kappa shape index (κ2) is 10.0. The number of hydrogen-bond donors (Lipinski definition) is 2. The van der Waals surface area contributed by atoms with E-state index in [1.165, 1.54) is 6.20 Å². The van der Waals surface area contributed by atoms with Gasteiger partial charge in [0.15, 0.2) is 18.2 Å². The van der Waals surface area contributed by atoms with Crippen molar-refractivity contribution in [3.05, 3.63) is 36.2 Å². The molecule has 0 spiro atoms. The van der Waals surface area contributed by atoms with E-state index in [1.54, 1.807) is 23.1 Å². The minimum absolute atomic E-state index is 0.0289. The van der Waals surface area contributed by atoms with Crippen molar-refractivity contribution in [3.8, 4) is 11.5 Å². The highest BCUT2D eigenvalue weighted by atomic mass is 19.3. The summed E-state index contributed by atoms with van der Waals surface area (Å²) in [4.78, 5) is 36.7. The molecule has 2 aromatic rings. The van der Waals surface area contributed by atoms with Crippen LogP contribution in [0.15, 0.2) is 30.5 Å². The molecule has 4 aliphatic rings. The van der Waals surface area contributed by atoms with E-state index < -0.39 is 12.7 Å². The number of fused-ring (bicyclic) bond motifs is 3. The molecule has 1 saturated carbocycles. The van der Waals surface area contributed by atoms with E-state index in [0.29, 0.717) is 49.1 Å². The number of halogens is 2. The highest BCUT2D eigenvalue weighted by molar-refractivity contribution is 5.95. The quantitative estimate of drug-likeness (QED) is 0.559. The first-order chi connectivity index (χ1) is 18.4. The van der Waals surface area contributed by atoms with Crippen LogP contribution < -0.4 is 29.9 Å². The standard InChI is InChI=1S/C25H26F2N6O5/c26-24(27)37-15-11-18-16(29-12-15)2-1-8-32(18)9-7-28-14-3-4-17-20(10-14)38-25(35)33(17)21-6-5-19-23(30-21)31-22(34)13-36-19/h1-2,5-6,11-12,14,17,20,24,28H,3-4,7-10,13H2,(H,30,31,34)/t14-,17-,20-/m0/s1. The molecule has 1 saturated heterocycles. The smallest absolute Gasteiger partial charge is 0.416 e. The molecule has 0 unspecified atom stereocenters. The molecule has 1 aliphatic carbocycles. The van der Waals surface area contributed by atoms with Crippen molar-refractivity contribution in [3.63, 3.8) is 0 Å². The third-order valence-electron chi connectivity index (χ3n) is 7.10. The molecule has 200 valence electrons. The van der Waals surface area contributed by atoms with E-state index in [1.807, 2.05) is 12.2 Å². The Kier molecular flexibility index (Phi) is 6.44. The minimum Gasteiger partial charge on any atom is -0.480 e. The average molecular weight is 529 g/mol. The van der Waals surface area contributed by atoms with Crippen molar-refractivity contribution < 1.29 is 32.6 Å². The van der Waals surface area contributed by atoms with Gasteiger partial charge in [-0.15, -0.1) is 0 Å². The number of ether oxygens (including phenoxy) is 3. The molecule has 0 bridgehead atoms. The minimum atomic E-state index is -2.90. The third-order valence-corrected chi connectivity index (χ3v) is 7.10. The number of anilines is 3. The molecular weight excluding hydrogens is 502 g/mol. The molecule has 2 N–H and O–H groups in total. The van der Waals surface area contributed by atoms with Crippen molar-refractivity contribution in [2.24, 2.45) is 0 Å². The molecule has 2 amide bonds. The number of carbonyl (C=O) groups excluding carboxylic acids is 2. The summed E-state index contributed by atoms with van der Waals surface area (Å²) in [5.41, 5.74) is 1.45. The Hall–Kier alpha value is -4.00. The third kappa shape index (κ3) is 4.80. The summed E-state index contributed by atoms with van der Waals surface area (Å²) in [7, 11) is 0. The molecule has 2 fully saturated rings. The van der Waals surface area contributed by atoms with Gasteiger partial charge in [-0.1, -0.05) is 6.08 Å². The molecule has 0 aromatic carbocycles. The van der Waals surface area contributed by atoms with Gasteiger partial charge in [-0.2, -0.15) is 8.78 Å². The first-order valence-electron chi connectivity index (χ1n) is 12.5. The highest BCUT2D eigenvalue weighted by Crippen LogP contribution is 2.37. The van der Waals surface area contributed by atoms with Gasteiger partial charge in [0, 0.05) is 38.2 Å². The van der Waals surface area contributed by atoms with Gasteiger partial charge < -0.3 is 29.7 Å². The van der Waals surface area contributed by atoms with E-state index in [-0.39, 0.29) is 36.5 Å². The van der Waals surface area contributed by atoms with E-state index in [2.05, 4.69) is 30.2 Å². The molecule has 13 heteroatoms. The van der Waals surface area contributed by atoms with Crippen LogP contribution in [-0.2, 0) is 9.53 Å². The largest absolute Gasteiger partial charge is 0.480 e. The van der Waals surface area contributed by atoms with Crippen LogP contribution in [0.3, 0.4) is 0 Å². The fraction of sp³-hybridized carbons (Fsp3) is 0.440. The number of amides is 2. The van der Waals surface area contributed by atoms with Crippen LogP contribution >= 0.6 is 0 Å². The lowest BCUT2D eigenvalue weighted by molar-refractivity contribution is -0.118. The van der Waals surface area contributed by atoms with Gasteiger partial charge in [-0.3, -0.25) is 14.7 Å². The number of carbonyl (C=O) groups is 2. The SMILES string of the molecule is O=C1COc2ccc(N3C(=O)O[C@H]4C[C@@H](NCCN5CC=Cc6ncc(OC(F)F)cc65)CC[C@@H]43)nc2N1. The highest BCUT2D eigenvalue weighted by Gasteiger charge is 2.46. The van der Waals surface area contributed by atoms with Crippen LogP contribution in [0.1, 0.15) is 25.0 Å². The Morgan fingerprint density at radius 1 is 1.26 bits per heavy atom. The summed E-state index contributed by atoms with van der Waals surface area (Å²) in [6.45, 7) is -1.04. The average Bonchev–Trinajstić information content (AvgIpc) is 3.23. The maximum atomic E-state index is 12.8. The van der Waals surface area contributed by atoms with Crippen LogP contribution in [0, 0.1) is 0 Å². The molecule has 6 rings (SSSR count). The van der Waals surface area contributed by atoms with E-state index in [0.717, 1.165) is 18.5 Å². The fourth-order valence-corrected chi connectivity index (χ4v) is 5.39. The number of pyridine rings is 2. The van der Waals surface area contributed by atoms with E-state index in [4.69, 9.17) is 9.47 Å². The molecular formula is C25H26F2N6O5. The zero-order chi connectivity index (χ0) is 26.2. The molecule has 3 atom stereocenters. The van der Waals surface area contributed by atoms with Crippen LogP contribution in [0.4, 0.5) is 30.9 Å². The van der Waals surface area contributed by atoms with Crippen LogP contribution in [0.5, 0.6) is 11.5 Å². The summed E-state index contributed by atoms with van der Waals surface area (Å²) >= 11 is 0. The van der Waals surface area contributed by atoms with Crippen LogP contribution in [-0.4, -0.2) is 73.0 Å². The first kappa shape index (κ1) is 24.3. The number of hydrogen-bond acceptors (Lipinski definition) is 9. The van der Waals surface area contributed by atoms with Crippen molar-refractivity contribution in [1.82, 2.24) is 15.3 Å². The van der Waals surface area contributed by atoms with E-state index >= 15 is 0 Å². The zero-order valence-electron chi connectivity index (χ0n) is 20.3. The molecule has 3 aliphatic heterocycles. The summed E-state index contributed by atoms with van der Waals surface area (Å²) in [5.74, 6) is 0.909. The molecule has 2 aromatic heterocycles. The van der Waals surface area contributed by atoms with Crippen molar-refractivity contribution in [2.75, 3.05) is 41.4 Å². The lowest BCUT2D eigenvalue weighted by atomic mass is 9.88. The van der Waals surface area contributed by atoms with Crippen LogP contribution in [0.25, 0.3) is 6.08 Å². The van der Waals surface area contributed by atoms with Gasteiger partial charge in [0.25, 0.3) is 5.91 Å². The Morgan fingerprint density at radius 3 is 3.03 bits per heavy atom. The van der Waals surface area contributed by atoms with Gasteiger partial charge in [-0.25, -0.2) is 9.78 Å². The predicted octanol–water partition coefficient (Wildman–Crippen LogP) is 2.78. The number of nitrogens with zero attached hydrogens (tertiary/aromatic N) is 4. The molecule has 38 heavy (non-hydrogen) atoms. The van der Waals surface area contributed by atoms with E-state index in [9.17, 15) is 18.4 Å². The summed E-state index contributed by atoms with van der Waals surface area (Å²) in [6.07, 6.45) is 6.62. The second-order valence-corrected chi connectivity index (χ2v) is 9.48. The molecule has 5 heterocycles. The molecule has 11 nitrogen and oxygen atoms in total. The summed E-state index contributed by atoms with van der Waals surface area (Å²) in [5, 5.41) is 6.22. The lowest BCUT2D eigenvalue weighted by Crippen LogP contribution is -2.47. The summed E-state index contributed by atoms with van der Waals surface area (Å²) in [6, 6.07) is 4.98. The van der Waals surface area contributed by atoms with Gasteiger partial charge >= 0.3 is 12.7 Å². The number of nitrogens with one attached hydrogen (secondary N) is 2. The monoisotopic (exact) mass is 528 g/mol. The Morgan fingerprint density at radius 2 is 2.16 bits per heavy atom. The Balaban J connectivity index is 1.05. The topological polar surface area (TPSA) is 118 Å².